The summed E-state index contributed by atoms with van der Waals surface area (Å²) in [5.41, 5.74) is 24.1. The minimum Gasteiger partial charge on any atom is -0.309 e. The molecule has 0 bridgehead atoms. The minimum absolute atomic E-state index is 0.105. The Balaban J connectivity index is 0.000000108. The first-order chi connectivity index (χ1) is 73.6. The molecule has 0 amide bonds. The fourth-order valence-electron chi connectivity index (χ4n) is 23.3. The molecule has 4 aromatic heterocycles. The molecule has 0 atom stereocenters. The van der Waals surface area contributed by atoms with Crippen LogP contribution in [0.1, 0.15) is 47.2 Å². The lowest BCUT2D eigenvalue weighted by molar-refractivity contribution is 0.660. The quantitative estimate of drug-likeness (QED) is 0.110. The third-order valence-corrected chi connectivity index (χ3v) is 30.5. The maximum atomic E-state index is 5.26. The van der Waals surface area contributed by atoms with E-state index in [4.69, 9.17) is 44.9 Å². The van der Waals surface area contributed by atoms with Crippen molar-refractivity contribution < 1.29 is 0 Å². The van der Waals surface area contributed by atoms with Gasteiger partial charge in [-0.15, -0.1) is 0 Å². The van der Waals surface area contributed by atoms with Gasteiger partial charge in [0.25, 0.3) is 0 Å². The molecule has 2 aliphatic carbocycles. The van der Waals surface area contributed by atoms with Crippen LogP contribution in [0.3, 0.4) is 0 Å². The zero-order valence-electron chi connectivity index (χ0n) is 81.5. The van der Waals surface area contributed by atoms with Gasteiger partial charge in [-0.1, -0.05) is 457 Å². The van der Waals surface area contributed by atoms with Crippen LogP contribution < -0.4 is 0 Å². The number of benzene rings is 24. The molecule has 24 aromatic carbocycles. The van der Waals surface area contributed by atoms with Crippen LogP contribution in [0, 0.1) is 0 Å². The van der Waals surface area contributed by atoms with Gasteiger partial charge in [0.05, 0.1) is 16.4 Å². The molecule has 10 nitrogen and oxygen atoms in total. The lowest BCUT2D eigenvalue weighted by Crippen LogP contribution is -2.28. The van der Waals surface area contributed by atoms with E-state index in [0.29, 0.717) is 52.4 Å². The summed E-state index contributed by atoms with van der Waals surface area (Å²) >= 11 is 0. The molecule has 4 heterocycles. The molecular weight excluding hydrogens is 1810 g/mol. The van der Waals surface area contributed by atoms with Crippen molar-refractivity contribution in [3.63, 3.8) is 0 Å². The van der Waals surface area contributed by atoms with E-state index in [-0.39, 0.29) is 5.41 Å². The highest BCUT2D eigenvalue weighted by Crippen LogP contribution is 2.58. The van der Waals surface area contributed by atoms with Crippen LogP contribution in [0.5, 0.6) is 0 Å². The molecule has 696 valence electrons. The lowest BCUT2D eigenvalue weighted by atomic mass is 9.67. The second-order valence-corrected chi connectivity index (χ2v) is 39.3. The monoisotopic (exact) mass is 1900 g/mol. The Kier molecular flexibility index (Phi) is 21.0. The van der Waals surface area contributed by atoms with Crippen LogP contribution in [-0.2, 0) is 10.8 Å². The predicted octanol–water partition coefficient (Wildman–Crippen LogP) is 34.8. The fourth-order valence-corrected chi connectivity index (χ4v) is 23.3. The van der Waals surface area contributed by atoms with Crippen molar-refractivity contribution in [2.45, 2.75) is 24.7 Å². The number of aromatic nitrogens is 10. The average molecular weight is 1900 g/mol. The number of para-hydroxylation sites is 2. The Morgan fingerprint density at radius 1 is 0.154 bits per heavy atom. The maximum Gasteiger partial charge on any atom is 0.164 e. The van der Waals surface area contributed by atoms with E-state index in [1.807, 2.05) is 66.7 Å². The second kappa shape index (κ2) is 35.8. The maximum absolute atomic E-state index is 5.26. The molecule has 0 N–H and O–H groups in total. The molecule has 2 aliphatic rings. The number of nitrogens with zero attached hydrogens (tertiary/aromatic N) is 10. The molecule has 0 unspecified atom stereocenters. The Bertz CT molecular complexity index is 10200. The summed E-state index contributed by atoms with van der Waals surface area (Å²) in [5.74, 6) is 5.89. The van der Waals surface area contributed by atoms with Crippen LogP contribution in [-0.4, -0.2) is 49.4 Å². The Morgan fingerprint density at radius 2 is 0.409 bits per heavy atom. The van der Waals surface area contributed by atoms with Crippen molar-refractivity contribution in [1.82, 2.24) is 49.4 Å². The smallest absolute Gasteiger partial charge is 0.164 e. The Labute approximate surface area is 860 Å². The van der Waals surface area contributed by atoms with Crippen molar-refractivity contribution in [3.8, 4) is 130 Å². The van der Waals surface area contributed by atoms with Gasteiger partial charge in [-0.05, 0) is 219 Å². The van der Waals surface area contributed by atoms with Crippen LogP contribution in [0.2, 0.25) is 0 Å². The highest BCUT2D eigenvalue weighted by molar-refractivity contribution is 6.21. The molecule has 10 heteroatoms. The summed E-state index contributed by atoms with van der Waals surface area (Å²) < 4.78 is 2.32. The highest BCUT2D eigenvalue weighted by Gasteiger charge is 2.46. The van der Waals surface area contributed by atoms with Crippen LogP contribution in [0.25, 0.3) is 249 Å². The van der Waals surface area contributed by atoms with E-state index in [1.54, 1.807) is 0 Å². The first-order valence-corrected chi connectivity index (χ1v) is 50.8. The molecule has 30 rings (SSSR count). The third kappa shape index (κ3) is 15.0. The molecule has 28 aromatic rings. The number of fused-ring (bicyclic) bond motifs is 24. The second-order valence-electron chi connectivity index (χ2n) is 39.3. The molecule has 0 saturated heterocycles. The summed E-state index contributed by atoms with van der Waals surface area (Å²) in [6.07, 6.45) is 0. The number of hydrogen-bond acceptors (Lipinski definition) is 9. The van der Waals surface area contributed by atoms with E-state index < -0.39 is 5.41 Å². The van der Waals surface area contributed by atoms with Gasteiger partial charge in [-0.2, -0.15) is 0 Å². The number of hydrogen-bond donors (Lipinski definition) is 0. The van der Waals surface area contributed by atoms with Gasteiger partial charge in [0.15, 0.2) is 52.4 Å². The zero-order chi connectivity index (χ0) is 98.8. The lowest BCUT2D eigenvalue weighted by Gasteiger charge is -2.34. The van der Waals surface area contributed by atoms with Crippen molar-refractivity contribution in [3.05, 3.63) is 543 Å². The van der Waals surface area contributed by atoms with E-state index >= 15 is 0 Å². The van der Waals surface area contributed by atoms with Gasteiger partial charge < -0.3 is 4.57 Å². The van der Waals surface area contributed by atoms with Crippen LogP contribution in [0.15, 0.2) is 510 Å². The predicted molar refractivity (Wildman–Crippen MR) is 615 cm³/mol. The van der Waals surface area contributed by atoms with Gasteiger partial charge >= 0.3 is 0 Å². The SMILES string of the molecule is CC1(C)c2ccccc2-c2ccc(-c3nc(-c4ccccc4)nc(-c4ccc5c(ccc6c7ccccc7ccc56)c4)n3)cc21.c1ccc(-c2nc(-c3ccc(-n4c5ccccc5c5ccccc54)cc3)nc(-c3ccc4ccc5c6ccccc6ccc5c4c3)n2)cc1.c1ccc(-c2nc(-c3ccc4c(c3)C(c3ccccc3)(c3ccccc3)c3ccccc3-4)nc(-c3ccc4c(ccc5c6ccccc6ccc45)c3)n2)cc1. The first kappa shape index (κ1) is 87.3. The van der Waals surface area contributed by atoms with E-state index in [9.17, 15) is 0 Å². The van der Waals surface area contributed by atoms with E-state index in [1.165, 1.54) is 164 Å². The molecule has 0 aliphatic heterocycles. The van der Waals surface area contributed by atoms with Crippen molar-refractivity contribution in [2.24, 2.45) is 0 Å². The largest absolute Gasteiger partial charge is 0.309 e. The summed E-state index contributed by atoms with van der Waals surface area (Å²) in [6.45, 7) is 4.61. The van der Waals surface area contributed by atoms with Gasteiger partial charge in [0.1, 0.15) is 0 Å². The molecule has 149 heavy (non-hydrogen) atoms. The first-order valence-electron chi connectivity index (χ1n) is 50.8. The van der Waals surface area contributed by atoms with Gasteiger partial charge in [-0.25, -0.2) is 44.9 Å². The molecule has 0 radical (unpaired) electrons. The van der Waals surface area contributed by atoms with Crippen molar-refractivity contribution in [2.75, 3.05) is 0 Å². The highest BCUT2D eigenvalue weighted by atomic mass is 15.1. The molecule has 0 fully saturated rings. The summed E-state index contributed by atoms with van der Waals surface area (Å²) in [5, 5.41) is 24.6. The van der Waals surface area contributed by atoms with Crippen molar-refractivity contribution >= 4 is 119 Å². The summed E-state index contributed by atoms with van der Waals surface area (Å²) in [6, 6.07) is 181. The topological polar surface area (TPSA) is 121 Å². The molecule has 0 spiro atoms. The van der Waals surface area contributed by atoms with E-state index in [0.717, 1.165) is 66.5 Å². The average Bonchev–Trinajstić information content (AvgIpc) is 1.53. The molecule has 0 saturated carbocycles. The van der Waals surface area contributed by atoms with Gasteiger partial charge in [-0.3, -0.25) is 0 Å². The Morgan fingerprint density at radius 3 is 0.832 bits per heavy atom. The third-order valence-electron chi connectivity index (χ3n) is 30.5. The summed E-state index contributed by atoms with van der Waals surface area (Å²) in [7, 11) is 0. The van der Waals surface area contributed by atoms with Gasteiger partial charge in [0.2, 0.25) is 0 Å². The minimum atomic E-state index is -0.519. The van der Waals surface area contributed by atoms with E-state index in [2.05, 4.69) is 461 Å². The van der Waals surface area contributed by atoms with Crippen LogP contribution >= 0.6 is 0 Å². The van der Waals surface area contributed by atoms with Crippen molar-refractivity contribution in [1.29, 1.82) is 0 Å². The van der Waals surface area contributed by atoms with Crippen LogP contribution in [0.4, 0.5) is 0 Å². The normalized spacial score (nSPS) is 12.6. The summed E-state index contributed by atoms with van der Waals surface area (Å²) in [4.78, 5) is 45.9. The molecular formula is C139H90N10. The standard InChI is InChI=1S/C52H33N3.C45H28N4.C42H29N3/c1-4-15-35(16-5-1)49-53-50(37-26-28-42-36(32-37)25-30-43-41-21-11-10-14-34(41)24-29-44(42)43)55-51(54-49)38-27-31-46-45-22-12-13-23-47(45)52(48(46)33-38,39-17-6-2-7-18-39)40-19-8-3-9-20-40;1-2-11-31(12-3-1)43-46-44(32-20-24-34(25-21-32)49-41-16-8-6-14-38(41)39-15-7-9-17-42(39)49)48-45(47-43)33-19-18-30-23-26-36-35-13-5-4-10-29(35)22-27-37(36)40(30)28-33;1-42(2)37-15-9-8-14-35(37)36-23-19-30(25-38(36)42)41-44-39(27-11-4-3-5-12-27)43-40(45-41)29-18-20-32-28(24-29)17-22-33-31-13-7-6-10-26(31)16-21-34(32)33/h1-33H;1-28H;3-25H,1-2H3. The number of rotatable bonds is 12. The Hall–Kier alpha value is -19.6. The van der Waals surface area contributed by atoms with Gasteiger partial charge in [0, 0.05) is 71.9 Å². The fraction of sp³-hybridized carbons (Fsp3) is 0.0288. The zero-order valence-corrected chi connectivity index (χ0v) is 81.5.